The highest BCUT2D eigenvalue weighted by molar-refractivity contribution is 9.10. The molecule has 0 bridgehead atoms. The minimum atomic E-state index is 0.836. The molecule has 100 valence electrons. The molecule has 0 fully saturated rings. The number of nitrogen functional groups attached to an aromatic ring is 1. The van der Waals surface area contributed by atoms with Gasteiger partial charge in [0.1, 0.15) is 5.75 Å². The van der Waals surface area contributed by atoms with E-state index in [1.807, 2.05) is 18.2 Å². The van der Waals surface area contributed by atoms with Gasteiger partial charge in [0.15, 0.2) is 0 Å². The summed E-state index contributed by atoms with van der Waals surface area (Å²) in [7, 11) is 1.67. The van der Waals surface area contributed by atoms with Gasteiger partial charge in [-0.05, 0) is 58.2 Å². The van der Waals surface area contributed by atoms with Gasteiger partial charge in [0.05, 0.1) is 11.6 Å². The SMILES string of the molecule is COc1ccc(CSc2cc(C)ccc2N)cc1Br. The number of benzene rings is 2. The molecule has 0 heterocycles. The van der Waals surface area contributed by atoms with E-state index in [-0.39, 0.29) is 0 Å². The van der Waals surface area contributed by atoms with Crippen LogP contribution in [0.25, 0.3) is 0 Å². The first kappa shape index (κ1) is 14.3. The summed E-state index contributed by atoms with van der Waals surface area (Å²) in [5, 5.41) is 0. The quantitative estimate of drug-likeness (QED) is 0.651. The second-order valence-corrected chi connectivity index (χ2v) is 6.17. The number of rotatable bonds is 4. The molecule has 0 atom stereocenters. The molecule has 2 nitrogen and oxygen atoms in total. The first-order valence-corrected chi connectivity index (χ1v) is 7.69. The standard InChI is InChI=1S/C15H16BrNOS/c1-10-3-5-13(17)15(7-10)19-9-11-4-6-14(18-2)12(16)8-11/h3-8H,9,17H2,1-2H3. The maximum atomic E-state index is 5.98. The van der Waals surface area contributed by atoms with Crippen molar-refractivity contribution in [1.82, 2.24) is 0 Å². The average molecular weight is 338 g/mol. The number of aryl methyl sites for hydroxylation is 1. The van der Waals surface area contributed by atoms with Gasteiger partial charge in [0.2, 0.25) is 0 Å². The van der Waals surface area contributed by atoms with Crippen LogP contribution in [-0.2, 0) is 5.75 Å². The summed E-state index contributed by atoms with van der Waals surface area (Å²) in [4.78, 5) is 1.13. The largest absolute Gasteiger partial charge is 0.496 e. The Labute approximate surface area is 126 Å². The van der Waals surface area contributed by atoms with E-state index in [9.17, 15) is 0 Å². The Kier molecular flexibility index (Phi) is 4.77. The third kappa shape index (κ3) is 3.67. The lowest BCUT2D eigenvalue weighted by molar-refractivity contribution is 0.412. The molecule has 0 aliphatic heterocycles. The zero-order valence-electron chi connectivity index (χ0n) is 10.9. The number of halogens is 1. The molecular weight excluding hydrogens is 322 g/mol. The van der Waals surface area contributed by atoms with Gasteiger partial charge < -0.3 is 10.5 Å². The Bertz CT molecular complexity index is 586. The summed E-state index contributed by atoms with van der Waals surface area (Å²) in [6, 6.07) is 12.2. The topological polar surface area (TPSA) is 35.2 Å². The number of nitrogens with two attached hydrogens (primary N) is 1. The Morgan fingerprint density at radius 3 is 2.68 bits per heavy atom. The molecule has 0 unspecified atom stereocenters. The van der Waals surface area contributed by atoms with E-state index in [1.54, 1.807) is 18.9 Å². The lowest BCUT2D eigenvalue weighted by Crippen LogP contribution is -1.90. The summed E-state index contributed by atoms with van der Waals surface area (Å²) >= 11 is 5.25. The summed E-state index contributed by atoms with van der Waals surface area (Å²) in [5.41, 5.74) is 9.28. The molecular formula is C15H16BrNOS. The van der Waals surface area contributed by atoms with E-state index < -0.39 is 0 Å². The lowest BCUT2D eigenvalue weighted by atomic mass is 10.2. The predicted molar refractivity (Wildman–Crippen MR) is 85.8 cm³/mol. The average Bonchev–Trinajstić information content (AvgIpc) is 2.40. The molecule has 0 aliphatic rings. The minimum absolute atomic E-state index is 0.836. The molecule has 2 aromatic carbocycles. The highest BCUT2D eigenvalue weighted by atomic mass is 79.9. The number of thioether (sulfide) groups is 1. The number of ether oxygens (including phenoxy) is 1. The van der Waals surface area contributed by atoms with Crippen molar-refractivity contribution in [1.29, 1.82) is 0 Å². The summed E-state index contributed by atoms with van der Waals surface area (Å²) < 4.78 is 6.20. The van der Waals surface area contributed by atoms with Crippen molar-refractivity contribution >= 4 is 33.4 Å². The summed E-state index contributed by atoms with van der Waals surface area (Å²) in [6.07, 6.45) is 0. The zero-order chi connectivity index (χ0) is 13.8. The fourth-order valence-electron chi connectivity index (χ4n) is 1.73. The Morgan fingerprint density at radius 2 is 2.00 bits per heavy atom. The van der Waals surface area contributed by atoms with Gasteiger partial charge in [-0.1, -0.05) is 12.1 Å². The normalized spacial score (nSPS) is 10.5. The first-order valence-electron chi connectivity index (χ1n) is 5.91. The van der Waals surface area contributed by atoms with Crippen LogP contribution in [0.4, 0.5) is 5.69 Å². The third-order valence-corrected chi connectivity index (χ3v) is 4.54. The minimum Gasteiger partial charge on any atom is -0.496 e. The Balaban J connectivity index is 2.10. The van der Waals surface area contributed by atoms with Gasteiger partial charge in [-0.3, -0.25) is 0 Å². The molecule has 2 aromatic rings. The van der Waals surface area contributed by atoms with Crippen molar-refractivity contribution in [2.24, 2.45) is 0 Å². The van der Waals surface area contributed by atoms with Gasteiger partial charge in [-0.25, -0.2) is 0 Å². The highest BCUT2D eigenvalue weighted by Gasteiger charge is 2.04. The number of hydrogen-bond donors (Lipinski definition) is 1. The summed E-state index contributed by atoms with van der Waals surface area (Å²) in [5.74, 6) is 1.74. The third-order valence-electron chi connectivity index (χ3n) is 2.78. The van der Waals surface area contributed by atoms with Crippen LogP contribution in [0.5, 0.6) is 5.75 Å². The van der Waals surface area contributed by atoms with E-state index >= 15 is 0 Å². The smallest absolute Gasteiger partial charge is 0.133 e. The van der Waals surface area contributed by atoms with Gasteiger partial charge in [-0.2, -0.15) is 0 Å². The fourth-order valence-corrected chi connectivity index (χ4v) is 3.32. The van der Waals surface area contributed by atoms with Gasteiger partial charge >= 0.3 is 0 Å². The van der Waals surface area contributed by atoms with Crippen LogP contribution in [0.1, 0.15) is 11.1 Å². The van der Waals surface area contributed by atoms with Crippen molar-refractivity contribution in [2.75, 3.05) is 12.8 Å². The van der Waals surface area contributed by atoms with Crippen LogP contribution >= 0.6 is 27.7 Å². The number of hydrogen-bond acceptors (Lipinski definition) is 3. The molecule has 0 aromatic heterocycles. The van der Waals surface area contributed by atoms with Crippen molar-refractivity contribution in [3.8, 4) is 5.75 Å². The van der Waals surface area contributed by atoms with Crippen LogP contribution in [0.2, 0.25) is 0 Å². The fraction of sp³-hybridized carbons (Fsp3) is 0.200. The predicted octanol–water partition coefficient (Wildman–Crippen LogP) is 4.64. The zero-order valence-corrected chi connectivity index (χ0v) is 13.3. The molecule has 0 amide bonds. The highest BCUT2D eigenvalue weighted by Crippen LogP contribution is 2.31. The van der Waals surface area contributed by atoms with Gasteiger partial charge in [-0.15, -0.1) is 11.8 Å². The van der Waals surface area contributed by atoms with E-state index in [1.165, 1.54) is 11.1 Å². The van der Waals surface area contributed by atoms with Gasteiger partial charge in [0, 0.05) is 16.3 Å². The monoisotopic (exact) mass is 337 g/mol. The summed E-state index contributed by atoms with van der Waals surface area (Å²) in [6.45, 7) is 2.08. The van der Waals surface area contributed by atoms with E-state index in [0.717, 1.165) is 26.6 Å². The molecule has 2 N–H and O–H groups in total. The second-order valence-electron chi connectivity index (χ2n) is 4.30. The maximum absolute atomic E-state index is 5.98. The second kappa shape index (κ2) is 6.35. The van der Waals surface area contributed by atoms with Crippen molar-refractivity contribution in [3.05, 3.63) is 52.0 Å². The van der Waals surface area contributed by atoms with Crippen LogP contribution in [0.3, 0.4) is 0 Å². The number of anilines is 1. The van der Waals surface area contributed by atoms with Crippen molar-refractivity contribution < 1.29 is 4.74 Å². The Morgan fingerprint density at radius 1 is 1.21 bits per heavy atom. The van der Waals surface area contributed by atoms with Crippen molar-refractivity contribution in [2.45, 2.75) is 17.6 Å². The molecule has 2 rings (SSSR count). The maximum Gasteiger partial charge on any atom is 0.133 e. The number of methoxy groups -OCH3 is 1. The van der Waals surface area contributed by atoms with E-state index in [0.29, 0.717) is 0 Å². The molecule has 4 heteroatoms. The van der Waals surface area contributed by atoms with Crippen LogP contribution in [-0.4, -0.2) is 7.11 Å². The molecule has 0 radical (unpaired) electrons. The molecule has 0 spiro atoms. The molecule has 0 saturated heterocycles. The first-order chi connectivity index (χ1) is 9.10. The van der Waals surface area contributed by atoms with Crippen molar-refractivity contribution in [3.63, 3.8) is 0 Å². The van der Waals surface area contributed by atoms with E-state index in [2.05, 4.69) is 41.1 Å². The Hall–Kier alpha value is -1.13. The van der Waals surface area contributed by atoms with Crippen LogP contribution in [0.15, 0.2) is 45.8 Å². The van der Waals surface area contributed by atoms with Crippen LogP contribution < -0.4 is 10.5 Å². The van der Waals surface area contributed by atoms with Gasteiger partial charge in [0.25, 0.3) is 0 Å². The molecule has 0 saturated carbocycles. The lowest BCUT2D eigenvalue weighted by Gasteiger charge is -2.08. The van der Waals surface area contributed by atoms with Crippen LogP contribution in [0, 0.1) is 6.92 Å². The molecule has 19 heavy (non-hydrogen) atoms. The molecule has 0 aliphatic carbocycles. The van der Waals surface area contributed by atoms with E-state index in [4.69, 9.17) is 10.5 Å².